The number of nitrogens with two attached hydrogens (primary N) is 1. The monoisotopic (exact) mass is 432 g/mol. The lowest BCUT2D eigenvalue weighted by molar-refractivity contribution is 0.315. The van der Waals surface area contributed by atoms with Gasteiger partial charge in [0.05, 0.1) is 20.5 Å². The second-order valence-electron chi connectivity index (χ2n) is 6.38. The maximum atomic E-state index is 9.43. The number of hydrogen-bond acceptors (Lipinski definition) is 4. The summed E-state index contributed by atoms with van der Waals surface area (Å²) >= 11 is 2.29. The standard InChI is InChI=1S/C19H21IN4/c1-23(2)15-8-9-24(12-15)19-16(13-6-4-3-5-7-13)10-14(11-21)18(22)17(19)20/h3-7,10,15H,8-9,12,22H2,1-2H3. The number of hydrogen-bond donors (Lipinski definition) is 1. The van der Waals surface area contributed by atoms with Crippen LogP contribution in [0, 0.1) is 14.9 Å². The molecule has 1 aliphatic rings. The van der Waals surface area contributed by atoms with E-state index >= 15 is 0 Å². The Kier molecular flexibility index (Phi) is 4.97. The Morgan fingerprint density at radius 3 is 2.58 bits per heavy atom. The van der Waals surface area contributed by atoms with Gasteiger partial charge < -0.3 is 15.5 Å². The second-order valence-corrected chi connectivity index (χ2v) is 7.46. The number of likely N-dealkylation sites (N-methyl/N-ethyl adjacent to an activating group) is 1. The molecule has 0 aromatic heterocycles. The van der Waals surface area contributed by atoms with Crippen LogP contribution in [0.1, 0.15) is 12.0 Å². The molecule has 1 fully saturated rings. The van der Waals surface area contributed by atoms with Gasteiger partial charge in [0.25, 0.3) is 0 Å². The number of rotatable bonds is 3. The van der Waals surface area contributed by atoms with E-state index in [9.17, 15) is 5.26 Å². The van der Waals surface area contributed by atoms with Crippen molar-refractivity contribution in [3.05, 3.63) is 45.5 Å². The molecule has 0 aliphatic carbocycles. The van der Waals surface area contributed by atoms with Crippen molar-refractivity contribution in [3.8, 4) is 17.2 Å². The largest absolute Gasteiger partial charge is 0.397 e. The van der Waals surface area contributed by atoms with Crippen LogP contribution >= 0.6 is 22.6 Å². The van der Waals surface area contributed by atoms with Gasteiger partial charge in [-0.2, -0.15) is 5.26 Å². The molecule has 0 radical (unpaired) electrons. The van der Waals surface area contributed by atoms with Gasteiger partial charge in [-0.05, 0) is 54.7 Å². The summed E-state index contributed by atoms with van der Waals surface area (Å²) in [6, 6.07) is 15.0. The lowest BCUT2D eigenvalue weighted by atomic mass is 9.99. The summed E-state index contributed by atoms with van der Waals surface area (Å²) in [5.41, 5.74) is 10.7. The maximum Gasteiger partial charge on any atom is 0.101 e. The molecular weight excluding hydrogens is 411 g/mol. The minimum atomic E-state index is 0.543. The van der Waals surface area contributed by atoms with E-state index < -0.39 is 0 Å². The molecule has 1 saturated heterocycles. The molecule has 1 atom stereocenters. The molecule has 3 rings (SSSR count). The average Bonchev–Trinajstić information content (AvgIpc) is 3.07. The Morgan fingerprint density at radius 1 is 1.29 bits per heavy atom. The zero-order valence-electron chi connectivity index (χ0n) is 14.0. The van der Waals surface area contributed by atoms with Gasteiger partial charge in [-0.25, -0.2) is 0 Å². The van der Waals surface area contributed by atoms with Crippen LogP contribution in [0.5, 0.6) is 0 Å². The number of nitrogens with zero attached hydrogens (tertiary/aromatic N) is 3. The quantitative estimate of drug-likeness (QED) is 0.596. The molecule has 2 aromatic rings. The molecule has 5 heteroatoms. The van der Waals surface area contributed by atoms with Gasteiger partial charge in [-0.3, -0.25) is 0 Å². The number of anilines is 2. The van der Waals surface area contributed by atoms with Crippen molar-refractivity contribution in [3.63, 3.8) is 0 Å². The first-order valence-electron chi connectivity index (χ1n) is 8.01. The summed E-state index contributed by atoms with van der Waals surface area (Å²) < 4.78 is 0.977. The molecule has 1 unspecified atom stereocenters. The van der Waals surface area contributed by atoms with Crippen LogP contribution in [-0.2, 0) is 0 Å². The van der Waals surface area contributed by atoms with Gasteiger partial charge in [0.1, 0.15) is 6.07 Å². The predicted molar refractivity (Wildman–Crippen MR) is 108 cm³/mol. The summed E-state index contributed by atoms with van der Waals surface area (Å²) in [6.07, 6.45) is 1.14. The first kappa shape index (κ1) is 17.1. The fourth-order valence-corrected chi connectivity index (χ4v) is 4.18. The maximum absolute atomic E-state index is 9.43. The third-order valence-corrected chi connectivity index (χ3v) is 5.79. The molecule has 1 aliphatic heterocycles. The predicted octanol–water partition coefficient (Wildman–Crippen LogP) is 3.55. The Bertz CT molecular complexity index is 780. The van der Waals surface area contributed by atoms with Gasteiger partial charge in [0.15, 0.2) is 0 Å². The smallest absolute Gasteiger partial charge is 0.101 e. The normalized spacial score (nSPS) is 17.3. The van der Waals surface area contributed by atoms with Crippen LogP contribution in [0.2, 0.25) is 0 Å². The lowest BCUT2D eigenvalue weighted by Gasteiger charge is -2.26. The third kappa shape index (κ3) is 3.08. The molecule has 0 amide bonds. The highest BCUT2D eigenvalue weighted by atomic mass is 127. The van der Waals surface area contributed by atoms with E-state index in [0.717, 1.165) is 39.9 Å². The molecule has 0 saturated carbocycles. The Morgan fingerprint density at radius 2 is 2.00 bits per heavy atom. The van der Waals surface area contributed by atoms with Crippen molar-refractivity contribution >= 4 is 34.0 Å². The summed E-state index contributed by atoms with van der Waals surface area (Å²) in [5, 5.41) is 9.43. The number of nitriles is 1. The second kappa shape index (κ2) is 6.99. The fourth-order valence-electron chi connectivity index (χ4n) is 3.26. The molecule has 0 spiro atoms. The van der Waals surface area contributed by atoms with E-state index in [4.69, 9.17) is 5.73 Å². The summed E-state index contributed by atoms with van der Waals surface area (Å²) in [7, 11) is 4.26. The van der Waals surface area contributed by atoms with E-state index in [0.29, 0.717) is 17.3 Å². The number of halogens is 1. The summed E-state index contributed by atoms with van der Waals surface area (Å²) in [5.74, 6) is 0. The minimum absolute atomic E-state index is 0.543. The lowest BCUT2D eigenvalue weighted by Crippen LogP contribution is -2.32. The molecule has 2 aromatic carbocycles. The van der Waals surface area contributed by atoms with Gasteiger partial charge in [-0.15, -0.1) is 0 Å². The van der Waals surface area contributed by atoms with Crippen LogP contribution < -0.4 is 10.6 Å². The van der Waals surface area contributed by atoms with E-state index in [1.54, 1.807) is 0 Å². The molecule has 1 heterocycles. The number of benzene rings is 2. The summed E-state index contributed by atoms with van der Waals surface area (Å²) in [4.78, 5) is 4.69. The molecular formula is C19H21IN4. The third-order valence-electron chi connectivity index (χ3n) is 4.69. The van der Waals surface area contributed by atoms with E-state index in [1.807, 2.05) is 24.3 Å². The van der Waals surface area contributed by atoms with Crippen LogP contribution in [0.25, 0.3) is 11.1 Å². The van der Waals surface area contributed by atoms with Crippen molar-refractivity contribution in [2.45, 2.75) is 12.5 Å². The fraction of sp³-hybridized carbons (Fsp3) is 0.316. The Labute approximate surface area is 157 Å². The van der Waals surface area contributed by atoms with Crippen LogP contribution in [0.3, 0.4) is 0 Å². The van der Waals surface area contributed by atoms with Gasteiger partial charge in [0.2, 0.25) is 0 Å². The average molecular weight is 432 g/mol. The van der Waals surface area contributed by atoms with E-state index in [1.165, 1.54) is 0 Å². The Hall–Kier alpha value is -1.78. The van der Waals surface area contributed by atoms with Crippen molar-refractivity contribution < 1.29 is 0 Å². The van der Waals surface area contributed by atoms with E-state index in [2.05, 4.69) is 64.7 Å². The topological polar surface area (TPSA) is 56.3 Å². The Balaban J connectivity index is 2.14. The molecule has 2 N–H and O–H groups in total. The van der Waals surface area contributed by atoms with Crippen LogP contribution in [0.15, 0.2) is 36.4 Å². The highest BCUT2D eigenvalue weighted by molar-refractivity contribution is 14.1. The van der Waals surface area contributed by atoms with Crippen molar-refractivity contribution in [1.29, 1.82) is 5.26 Å². The van der Waals surface area contributed by atoms with Crippen molar-refractivity contribution in [1.82, 2.24) is 4.90 Å². The van der Waals surface area contributed by atoms with Crippen LogP contribution in [-0.4, -0.2) is 38.1 Å². The zero-order chi connectivity index (χ0) is 17.3. The SMILES string of the molecule is CN(C)C1CCN(c2c(-c3ccccc3)cc(C#N)c(N)c2I)C1. The minimum Gasteiger partial charge on any atom is -0.397 e. The van der Waals surface area contributed by atoms with E-state index in [-0.39, 0.29) is 0 Å². The van der Waals surface area contributed by atoms with Gasteiger partial charge >= 0.3 is 0 Å². The van der Waals surface area contributed by atoms with Crippen molar-refractivity contribution in [2.24, 2.45) is 0 Å². The zero-order valence-corrected chi connectivity index (χ0v) is 16.1. The molecule has 4 nitrogen and oxygen atoms in total. The van der Waals surface area contributed by atoms with Crippen molar-refractivity contribution in [2.75, 3.05) is 37.8 Å². The first-order chi connectivity index (χ1) is 11.5. The van der Waals surface area contributed by atoms with Gasteiger partial charge in [0, 0.05) is 24.7 Å². The molecule has 0 bridgehead atoms. The first-order valence-corrected chi connectivity index (χ1v) is 9.09. The molecule has 124 valence electrons. The highest BCUT2D eigenvalue weighted by Crippen LogP contribution is 2.41. The highest BCUT2D eigenvalue weighted by Gasteiger charge is 2.28. The van der Waals surface area contributed by atoms with Crippen LogP contribution in [0.4, 0.5) is 11.4 Å². The molecule has 24 heavy (non-hydrogen) atoms. The van der Waals surface area contributed by atoms with Gasteiger partial charge in [-0.1, -0.05) is 30.3 Å². The summed E-state index contributed by atoms with van der Waals surface area (Å²) in [6.45, 7) is 1.98. The number of nitrogen functional groups attached to an aromatic ring is 1.